The van der Waals surface area contributed by atoms with Crippen LogP contribution < -0.4 is 5.73 Å². The van der Waals surface area contributed by atoms with Crippen LogP contribution in [0.5, 0.6) is 0 Å². The van der Waals surface area contributed by atoms with E-state index in [2.05, 4.69) is 4.74 Å². The summed E-state index contributed by atoms with van der Waals surface area (Å²) in [5.41, 5.74) is 3.39. The molecular weight excluding hydrogens is 187 g/mol. The van der Waals surface area contributed by atoms with Gasteiger partial charge in [-0.25, -0.2) is 0 Å². The summed E-state index contributed by atoms with van der Waals surface area (Å²) < 4.78 is 40.6. The molecule has 0 spiro atoms. The summed E-state index contributed by atoms with van der Waals surface area (Å²) in [6, 6.07) is 0. The van der Waals surface area contributed by atoms with Gasteiger partial charge in [0, 0.05) is 0 Å². The van der Waals surface area contributed by atoms with E-state index < -0.39 is 23.6 Å². The highest BCUT2D eigenvalue weighted by Gasteiger charge is 2.69. The average Bonchev–Trinajstić information content (AvgIpc) is 2.63. The standard InChI is InChI=1S/C7H10F3NO2/c1-2-13-5(12)6(11)3-4(6)7(8,9)10/h4H,2-3,11H2,1H3/t4-,6-/m1/s1. The quantitative estimate of drug-likeness (QED) is 0.667. The number of nitrogens with two attached hydrogens (primary N) is 1. The maximum atomic E-state index is 12.0. The third-order valence-electron chi connectivity index (χ3n) is 2.05. The first-order valence-electron chi connectivity index (χ1n) is 3.85. The number of halogens is 3. The van der Waals surface area contributed by atoms with Crippen molar-refractivity contribution in [3.05, 3.63) is 0 Å². The molecule has 0 aromatic carbocycles. The predicted molar refractivity (Wildman–Crippen MR) is 37.7 cm³/mol. The molecule has 0 aliphatic heterocycles. The monoisotopic (exact) mass is 197 g/mol. The molecule has 13 heavy (non-hydrogen) atoms. The van der Waals surface area contributed by atoms with Gasteiger partial charge in [0.25, 0.3) is 0 Å². The largest absolute Gasteiger partial charge is 0.465 e. The van der Waals surface area contributed by atoms with Crippen molar-refractivity contribution in [1.29, 1.82) is 0 Å². The van der Waals surface area contributed by atoms with Gasteiger partial charge in [-0.1, -0.05) is 0 Å². The van der Waals surface area contributed by atoms with Gasteiger partial charge in [-0.2, -0.15) is 13.2 Å². The minimum atomic E-state index is -4.40. The second kappa shape index (κ2) is 2.87. The van der Waals surface area contributed by atoms with Crippen LogP contribution in [0.1, 0.15) is 13.3 Å². The number of ether oxygens (including phenoxy) is 1. The van der Waals surface area contributed by atoms with Crippen molar-refractivity contribution in [3.63, 3.8) is 0 Å². The summed E-state index contributed by atoms with van der Waals surface area (Å²) in [5.74, 6) is -2.70. The number of hydrogen-bond acceptors (Lipinski definition) is 3. The lowest BCUT2D eigenvalue weighted by Crippen LogP contribution is -2.40. The van der Waals surface area contributed by atoms with E-state index in [0.29, 0.717) is 0 Å². The Morgan fingerprint density at radius 2 is 2.23 bits per heavy atom. The Morgan fingerprint density at radius 3 is 2.54 bits per heavy atom. The first-order valence-corrected chi connectivity index (χ1v) is 3.85. The van der Waals surface area contributed by atoms with E-state index in [1.54, 1.807) is 0 Å². The van der Waals surface area contributed by atoms with E-state index in [9.17, 15) is 18.0 Å². The fourth-order valence-electron chi connectivity index (χ4n) is 1.18. The minimum Gasteiger partial charge on any atom is -0.465 e. The van der Waals surface area contributed by atoms with Gasteiger partial charge in [0.15, 0.2) is 0 Å². The van der Waals surface area contributed by atoms with Gasteiger partial charge in [0.05, 0.1) is 12.5 Å². The predicted octanol–water partition coefficient (Wildman–Crippen LogP) is 0.829. The van der Waals surface area contributed by atoms with Gasteiger partial charge < -0.3 is 10.5 Å². The van der Waals surface area contributed by atoms with Gasteiger partial charge >= 0.3 is 12.1 Å². The van der Waals surface area contributed by atoms with Crippen molar-refractivity contribution >= 4 is 5.97 Å². The van der Waals surface area contributed by atoms with E-state index >= 15 is 0 Å². The van der Waals surface area contributed by atoms with Crippen LogP contribution in [0.2, 0.25) is 0 Å². The Kier molecular flexibility index (Phi) is 2.27. The van der Waals surface area contributed by atoms with Crippen LogP contribution in [-0.2, 0) is 9.53 Å². The molecule has 1 fully saturated rings. The summed E-state index contributed by atoms with van der Waals surface area (Å²) in [6.07, 6.45) is -4.77. The molecule has 3 nitrogen and oxygen atoms in total. The van der Waals surface area contributed by atoms with Crippen molar-refractivity contribution in [2.75, 3.05) is 6.61 Å². The van der Waals surface area contributed by atoms with E-state index in [1.165, 1.54) is 6.92 Å². The summed E-state index contributed by atoms with van der Waals surface area (Å²) in [7, 11) is 0. The molecule has 2 atom stereocenters. The molecule has 6 heteroatoms. The Labute approximate surface area is 73.0 Å². The first-order chi connectivity index (χ1) is 5.82. The lowest BCUT2D eigenvalue weighted by molar-refractivity contribution is -0.164. The molecule has 0 aromatic heterocycles. The molecule has 1 aliphatic carbocycles. The van der Waals surface area contributed by atoms with Crippen LogP contribution in [0.3, 0.4) is 0 Å². The lowest BCUT2D eigenvalue weighted by Gasteiger charge is -2.11. The minimum absolute atomic E-state index is 0.0440. The lowest BCUT2D eigenvalue weighted by atomic mass is 10.2. The zero-order valence-corrected chi connectivity index (χ0v) is 7.02. The van der Waals surface area contributed by atoms with Crippen LogP contribution in [0, 0.1) is 5.92 Å². The van der Waals surface area contributed by atoms with E-state index in [4.69, 9.17) is 5.73 Å². The van der Waals surface area contributed by atoms with Crippen molar-refractivity contribution in [3.8, 4) is 0 Å². The van der Waals surface area contributed by atoms with Gasteiger partial charge in [-0.3, -0.25) is 4.79 Å². The number of carbonyl (C=O) groups excluding carboxylic acids is 1. The molecule has 0 heterocycles. The van der Waals surface area contributed by atoms with Crippen LogP contribution in [0.4, 0.5) is 13.2 Å². The number of esters is 1. The van der Waals surface area contributed by atoms with Crippen LogP contribution in [0.15, 0.2) is 0 Å². The van der Waals surface area contributed by atoms with Crippen molar-refractivity contribution in [1.82, 2.24) is 0 Å². The summed E-state index contributed by atoms with van der Waals surface area (Å²) in [5, 5.41) is 0. The SMILES string of the molecule is CCOC(=O)[C@@]1(N)C[C@H]1C(F)(F)F. The first kappa shape index (κ1) is 10.3. The van der Waals surface area contributed by atoms with Gasteiger partial charge in [0.1, 0.15) is 5.54 Å². The molecule has 0 radical (unpaired) electrons. The van der Waals surface area contributed by atoms with Crippen molar-refractivity contribution in [2.24, 2.45) is 11.7 Å². The number of hydrogen-bond donors (Lipinski definition) is 1. The van der Waals surface area contributed by atoms with Crippen LogP contribution >= 0.6 is 0 Å². The van der Waals surface area contributed by atoms with Crippen molar-refractivity contribution < 1.29 is 22.7 Å². The maximum absolute atomic E-state index is 12.0. The highest BCUT2D eigenvalue weighted by Crippen LogP contribution is 2.52. The van der Waals surface area contributed by atoms with E-state index in [-0.39, 0.29) is 13.0 Å². The highest BCUT2D eigenvalue weighted by molar-refractivity contribution is 5.85. The summed E-state index contributed by atoms with van der Waals surface area (Å²) >= 11 is 0. The fourth-order valence-corrected chi connectivity index (χ4v) is 1.18. The molecular formula is C7H10F3NO2. The fraction of sp³-hybridized carbons (Fsp3) is 0.857. The van der Waals surface area contributed by atoms with Gasteiger partial charge in [-0.15, -0.1) is 0 Å². The highest BCUT2D eigenvalue weighted by atomic mass is 19.4. The molecule has 0 aromatic rings. The zero-order chi connectivity index (χ0) is 10.3. The molecule has 0 amide bonds. The molecule has 1 rings (SSSR count). The number of rotatable bonds is 2. The van der Waals surface area contributed by atoms with Crippen molar-refractivity contribution in [2.45, 2.75) is 25.1 Å². The third kappa shape index (κ3) is 1.77. The summed E-state index contributed by atoms with van der Waals surface area (Å²) in [4.78, 5) is 10.9. The molecule has 2 N–H and O–H groups in total. The second-order valence-electron chi connectivity index (χ2n) is 3.06. The Hall–Kier alpha value is -0.780. The normalized spacial score (nSPS) is 32.8. The number of alkyl halides is 3. The Bertz CT molecular complexity index is 228. The molecule has 0 bridgehead atoms. The summed E-state index contributed by atoms with van der Waals surface area (Å²) in [6.45, 7) is 1.56. The Balaban J connectivity index is 2.59. The maximum Gasteiger partial charge on any atom is 0.394 e. The van der Waals surface area contributed by atoms with Crippen LogP contribution in [-0.4, -0.2) is 24.3 Å². The van der Waals surface area contributed by atoms with Crippen LogP contribution in [0.25, 0.3) is 0 Å². The third-order valence-corrected chi connectivity index (χ3v) is 2.05. The Morgan fingerprint density at radius 1 is 1.69 bits per heavy atom. The topological polar surface area (TPSA) is 52.3 Å². The zero-order valence-electron chi connectivity index (χ0n) is 7.02. The molecule has 1 aliphatic rings. The average molecular weight is 197 g/mol. The molecule has 0 unspecified atom stereocenters. The second-order valence-corrected chi connectivity index (χ2v) is 3.06. The number of carbonyl (C=O) groups is 1. The molecule has 0 saturated heterocycles. The van der Waals surface area contributed by atoms with Gasteiger partial charge in [0.2, 0.25) is 0 Å². The molecule has 76 valence electrons. The molecule has 1 saturated carbocycles. The van der Waals surface area contributed by atoms with Gasteiger partial charge in [-0.05, 0) is 13.3 Å². The smallest absolute Gasteiger partial charge is 0.394 e. The van der Waals surface area contributed by atoms with E-state index in [1.807, 2.05) is 0 Å². The van der Waals surface area contributed by atoms with E-state index in [0.717, 1.165) is 0 Å².